The van der Waals surface area contributed by atoms with E-state index in [1.807, 2.05) is 0 Å². The van der Waals surface area contributed by atoms with Crippen molar-refractivity contribution in [3.63, 3.8) is 0 Å². The molecule has 2 aliphatic heterocycles. The van der Waals surface area contributed by atoms with Crippen molar-refractivity contribution in [2.24, 2.45) is 0 Å². The molecule has 2 aromatic carbocycles. The zero-order valence-corrected chi connectivity index (χ0v) is 27.4. The fraction of sp³-hybridized carbons (Fsp3) is 0.421. The largest absolute Gasteiger partial charge is 0.354 e. The molecule has 0 fully saturated rings. The zero-order chi connectivity index (χ0) is 31.2. The summed E-state index contributed by atoms with van der Waals surface area (Å²) in [4.78, 5) is 45.9. The Labute approximate surface area is 257 Å². The smallest absolute Gasteiger partial charge is 0.200 e. The molecule has 0 atom stereocenters. The Bertz CT molecular complexity index is 2300. The number of hydrogen-bond acceptors (Lipinski definition) is 4. The molecule has 6 nitrogen and oxygen atoms in total. The highest BCUT2D eigenvalue weighted by molar-refractivity contribution is 6.29. The van der Waals surface area contributed by atoms with Crippen LogP contribution in [0.15, 0.2) is 9.59 Å². The molecule has 8 bridgehead atoms. The van der Waals surface area contributed by atoms with Gasteiger partial charge in [-0.1, -0.05) is 55.4 Å². The summed E-state index contributed by atoms with van der Waals surface area (Å²) in [6, 6.07) is 0. The molecule has 0 radical (unpaired) electrons. The topological polar surface area (TPSA) is 91.5 Å². The minimum absolute atomic E-state index is 0.0450. The van der Waals surface area contributed by atoms with Gasteiger partial charge in [0.1, 0.15) is 0 Å². The molecule has 5 aromatic rings. The predicted molar refractivity (Wildman–Crippen MR) is 186 cm³/mol. The lowest BCUT2D eigenvalue weighted by Gasteiger charge is -2.11. The van der Waals surface area contributed by atoms with E-state index in [4.69, 9.17) is 9.97 Å². The normalized spacial score (nSPS) is 14.2. The van der Waals surface area contributed by atoms with Crippen molar-refractivity contribution < 1.29 is 0 Å². The van der Waals surface area contributed by atoms with Gasteiger partial charge < -0.3 is 9.97 Å². The first-order valence-electron chi connectivity index (χ1n) is 16.8. The highest BCUT2D eigenvalue weighted by atomic mass is 16.1. The summed E-state index contributed by atoms with van der Waals surface area (Å²) < 4.78 is 0. The SMILES string of the molecule is CCC1=C(CC)c2nc1c(CC)c1nc(c3c(=O)c4c3[nH]c3c(c(=O)c34)c3[nH]c(c2CC)c(CC)c3CC)C(CC)=C1CC. The van der Waals surface area contributed by atoms with Gasteiger partial charge >= 0.3 is 0 Å². The summed E-state index contributed by atoms with van der Waals surface area (Å²) in [5, 5.41) is 2.39. The van der Waals surface area contributed by atoms with E-state index in [1.165, 1.54) is 33.4 Å². The van der Waals surface area contributed by atoms with Crippen molar-refractivity contribution in [1.82, 2.24) is 19.9 Å². The Kier molecular flexibility index (Phi) is 6.69. The van der Waals surface area contributed by atoms with Gasteiger partial charge in [-0.05, 0) is 84.8 Å². The van der Waals surface area contributed by atoms with Gasteiger partial charge in [-0.2, -0.15) is 0 Å². The molecule has 5 heterocycles. The minimum Gasteiger partial charge on any atom is -0.354 e. The zero-order valence-electron chi connectivity index (χ0n) is 27.4. The standard InChI is InChI=1S/C38H42N4O2/c1-9-17-18(10-2)30-24(16-8)32-20(12-4)22(14-6)34(41-32)28-36-26(38(28)44)25-35(42-36)27(37(25)43)33-21(13-5)19(11-3)31(40-33)23(15-7)29(17)39-30/h40,42H,9-16H2,1-8H3. The number of aryl methyl sites for hydroxylation is 3. The van der Waals surface area contributed by atoms with Crippen LogP contribution in [0, 0.1) is 0 Å². The number of aromatic nitrogens is 4. The molecule has 226 valence electrons. The van der Waals surface area contributed by atoms with E-state index in [2.05, 4.69) is 65.4 Å². The van der Waals surface area contributed by atoms with Crippen LogP contribution in [-0.4, -0.2) is 19.9 Å². The number of fused-ring (bicyclic) bond motifs is 9. The van der Waals surface area contributed by atoms with E-state index in [9.17, 15) is 9.59 Å². The molecule has 44 heavy (non-hydrogen) atoms. The molecular formula is C38H42N4O2. The Balaban J connectivity index is 1.83. The van der Waals surface area contributed by atoms with Gasteiger partial charge in [-0.25, -0.2) is 9.97 Å². The number of nitrogens with zero attached hydrogens (tertiary/aromatic N) is 2. The molecule has 3 aromatic heterocycles. The maximum Gasteiger partial charge on any atom is 0.200 e. The minimum atomic E-state index is -0.0661. The summed E-state index contributed by atoms with van der Waals surface area (Å²) in [6.07, 6.45) is 6.67. The molecule has 0 spiro atoms. The number of rotatable bonds is 8. The van der Waals surface area contributed by atoms with Crippen LogP contribution >= 0.6 is 0 Å². The van der Waals surface area contributed by atoms with Crippen molar-refractivity contribution in [1.29, 1.82) is 0 Å². The second kappa shape index (κ2) is 10.3. The van der Waals surface area contributed by atoms with Crippen LogP contribution in [0.4, 0.5) is 0 Å². The number of aromatic amines is 2. The average molecular weight is 587 g/mol. The summed E-state index contributed by atoms with van der Waals surface area (Å²) in [5.41, 5.74) is 17.1. The second-order valence-electron chi connectivity index (χ2n) is 12.2. The van der Waals surface area contributed by atoms with Gasteiger partial charge in [0.2, 0.25) is 0 Å². The van der Waals surface area contributed by atoms with Gasteiger partial charge in [0, 0.05) is 16.6 Å². The summed E-state index contributed by atoms with van der Waals surface area (Å²) >= 11 is 0. The first-order chi connectivity index (χ1) is 21.3. The lowest BCUT2D eigenvalue weighted by Crippen LogP contribution is -2.13. The van der Waals surface area contributed by atoms with Gasteiger partial charge in [0.15, 0.2) is 10.9 Å². The number of allylic oxidation sites excluding steroid dienone is 4. The van der Waals surface area contributed by atoms with E-state index < -0.39 is 0 Å². The van der Waals surface area contributed by atoms with Crippen LogP contribution in [-0.2, 0) is 25.7 Å². The van der Waals surface area contributed by atoms with Gasteiger partial charge in [-0.3, -0.25) is 9.59 Å². The lowest BCUT2D eigenvalue weighted by atomic mass is 9.91. The number of hydrogen-bond donors (Lipinski definition) is 2. The molecular weight excluding hydrogens is 544 g/mol. The van der Waals surface area contributed by atoms with Crippen molar-refractivity contribution in [2.75, 3.05) is 0 Å². The Hall–Kier alpha value is -4.06. The molecule has 0 aliphatic carbocycles. The van der Waals surface area contributed by atoms with Crippen LogP contribution in [0.2, 0.25) is 0 Å². The van der Waals surface area contributed by atoms with Crippen molar-refractivity contribution in [3.05, 3.63) is 65.5 Å². The Morgan fingerprint density at radius 2 is 0.773 bits per heavy atom. The molecule has 2 N–H and O–H groups in total. The lowest BCUT2D eigenvalue weighted by molar-refractivity contribution is 1.03. The van der Waals surface area contributed by atoms with E-state index in [1.54, 1.807) is 0 Å². The first kappa shape index (κ1) is 28.7. The van der Waals surface area contributed by atoms with Crippen molar-refractivity contribution in [2.45, 2.75) is 107 Å². The predicted octanol–water partition coefficient (Wildman–Crippen LogP) is 8.80. The average Bonchev–Trinajstić information content (AvgIpc) is 3.76. The maximum absolute atomic E-state index is 13.9. The number of H-pyrrole nitrogens is 2. The highest BCUT2D eigenvalue weighted by Gasteiger charge is 2.33. The van der Waals surface area contributed by atoms with Gasteiger partial charge in [0.25, 0.3) is 0 Å². The Morgan fingerprint density at radius 1 is 0.386 bits per heavy atom. The molecule has 0 amide bonds. The fourth-order valence-corrected chi connectivity index (χ4v) is 8.43. The molecule has 6 heteroatoms. The summed E-state index contributed by atoms with van der Waals surface area (Å²) in [7, 11) is 0. The Morgan fingerprint density at radius 3 is 1.27 bits per heavy atom. The molecule has 0 saturated heterocycles. The van der Waals surface area contributed by atoms with Gasteiger partial charge in [-0.15, -0.1) is 0 Å². The molecule has 7 rings (SSSR count). The van der Waals surface area contributed by atoms with Crippen LogP contribution in [0.5, 0.6) is 0 Å². The van der Waals surface area contributed by atoms with E-state index in [-0.39, 0.29) is 10.9 Å². The van der Waals surface area contributed by atoms with Gasteiger partial charge in [0.05, 0.1) is 60.9 Å². The number of nitrogens with one attached hydrogen (secondary N) is 2. The third kappa shape index (κ3) is 3.37. The third-order valence-electron chi connectivity index (χ3n) is 10.4. The fourth-order valence-electron chi connectivity index (χ4n) is 8.43. The van der Waals surface area contributed by atoms with E-state index in [0.717, 1.165) is 107 Å². The second-order valence-corrected chi connectivity index (χ2v) is 12.2. The first-order valence-corrected chi connectivity index (χ1v) is 16.8. The van der Waals surface area contributed by atoms with Crippen LogP contribution in [0.1, 0.15) is 126 Å². The van der Waals surface area contributed by atoms with Crippen molar-refractivity contribution >= 4 is 65.9 Å². The third-order valence-corrected chi connectivity index (χ3v) is 10.4. The molecule has 0 unspecified atom stereocenters. The van der Waals surface area contributed by atoms with E-state index in [0.29, 0.717) is 21.5 Å². The monoisotopic (exact) mass is 586 g/mol. The van der Waals surface area contributed by atoms with Crippen LogP contribution < -0.4 is 10.9 Å². The quantitative estimate of drug-likeness (QED) is 0.190. The molecule has 2 aliphatic rings. The van der Waals surface area contributed by atoms with Crippen molar-refractivity contribution in [3.8, 4) is 0 Å². The summed E-state index contributed by atoms with van der Waals surface area (Å²) in [6.45, 7) is 17.6. The maximum atomic E-state index is 13.9. The highest BCUT2D eigenvalue weighted by Crippen LogP contribution is 2.45. The molecule has 0 saturated carbocycles. The summed E-state index contributed by atoms with van der Waals surface area (Å²) in [5.74, 6) is 0. The van der Waals surface area contributed by atoms with Crippen LogP contribution in [0.25, 0.3) is 65.9 Å². The van der Waals surface area contributed by atoms with Crippen LogP contribution in [0.3, 0.4) is 0 Å². The van der Waals surface area contributed by atoms with E-state index >= 15 is 0 Å².